The van der Waals surface area contributed by atoms with Gasteiger partial charge in [0.05, 0.1) is 29.6 Å². The second-order valence-corrected chi connectivity index (χ2v) is 6.44. The Bertz CT molecular complexity index is 967. The Labute approximate surface area is 151 Å². The van der Waals surface area contributed by atoms with Crippen molar-refractivity contribution in [3.8, 4) is 0 Å². The summed E-state index contributed by atoms with van der Waals surface area (Å²) in [6.07, 6.45) is 7.71. The molecule has 0 saturated heterocycles. The van der Waals surface area contributed by atoms with Crippen LogP contribution in [-0.2, 0) is 16.1 Å². The molecule has 132 valence electrons. The first-order chi connectivity index (χ1) is 12.8. The first-order valence-electron chi connectivity index (χ1n) is 8.87. The van der Waals surface area contributed by atoms with E-state index in [9.17, 15) is 4.79 Å². The minimum atomic E-state index is -0.371. The summed E-state index contributed by atoms with van der Waals surface area (Å²) in [5, 5.41) is 13.5. The first-order valence-corrected chi connectivity index (χ1v) is 8.87. The van der Waals surface area contributed by atoms with Crippen LogP contribution >= 0.6 is 0 Å². The number of rotatable bonds is 6. The van der Waals surface area contributed by atoms with E-state index < -0.39 is 0 Å². The number of esters is 1. The van der Waals surface area contributed by atoms with E-state index in [2.05, 4.69) is 15.3 Å². The molecule has 26 heavy (non-hydrogen) atoms. The van der Waals surface area contributed by atoms with Crippen LogP contribution < -0.4 is 0 Å². The molecule has 1 aliphatic rings. The van der Waals surface area contributed by atoms with E-state index in [1.54, 1.807) is 19.3 Å². The number of nitrogens with zero attached hydrogens (tertiary/aromatic N) is 4. The Hall–Kier alpha value is -3.02. The van der Waals surface area contributed by atoms with Crippen LogP contribution in [-0.4, -0.2) is 32.6 Å². The average Bonchev–Trinajstić information content (AvgIpc) is 3.37. The van der Waals surface area contributed by atoms with E-state index in [0.717, 1.165) is 23.1 Å². The van der Waals surface area contributed by atoms with Crippen LogP contribution in [0.4, 0.5) is 0 Å². The fourth-order valence-electron chi connectivity index (χ4n) is 2.99. The normalized spacial score (nSPS) is 14.6. The monoisotopic (exact) mass is 348 g/mol. The fraction of sp³-hybridized carbons (Fsp3) is 0.300. The molecular formula is C20H20N4O2. The summed E-state index contributed by atoms with van der Waals surface area (Å²) < 4.78 is 7.26. The van der Waals surface area contributed by atoms with Gasteiger partial charge in [-0.1, -0.05) is 18.2 Å². The molecule has 1 fully saturated rings. The van der Waals surface area contributed by atoms with E-state index >= 15 is 0 Å². The third-order valence-electron chi connectivity index (χ3n) is 4.50. The van der Waals surface area contributed by atoms with Crippen LogP contribution in [0.25, 0.3) is 22.6 Å². The largest absolute Gasteiger partial charge is 0.462 e. The van der Waals surface area contributed by atoms with Gasteiger partial charge < -0.3 is 4.74 Å². The Morgan fingerprint density at radius 3 is 2.96 bits per heavy atom. The quantitative estimate of drug-likeness (QED) is 0.505. The molecule has 0 atom stereocenters. The summed E-state index contributed by atoms with van der Waals surface area (Å²) in [6.45, 7) is 2.99. The van der Waals surface area contributed by atoms with Crippen molar-refractivity contribution >= 4 is 28.5 Å². The summed E-state index contributed by atoms with van der Waals surface area (Å²) in [7, 11) is 0. The number of aromatic nitrogens is 4. The van der Waals surface area contributed by atoms with Crippen molar-refractivity contribution in [1.82, 2.24) is 20.0 Å². The van der Waals surface area contributed by atoms with Crippen LogP contribution in [0.2, 0.25) is 0 Å². The maximum atomic E-state index is 12.7. The van der Waals surface area contributed by atoms with Crippen LogP contribution in [0.1, 0.15) is 31.0 Å². The predicted octanol–water partition coefficient (Wildman–Crippen LogP) is 3.34. The third kappa shape index (κ3) is 3.35. The van der Waals surface area contributed by atoms with Gasteiger partial charge in [0.1, 0.15) is 0 Å². The molecule has 0 amide bonds. The van der Waals surface area contributed by atoms with Gasteiger partial charge in [-0.15, -0.1) is 0 Å². The van der Waals surface area contributed by atoms with Crippen molar-refractivity contribution in [2.45, 2.75) is 26.3 Å². The van der Waals surface area contributed by atoms with Gasteiger partial charge >= 0.3 is 5.97 Å². The molecule has 0 radical (unpaired) electrons. The fourth-order valence-corrected chi connectivity index (χ4v) is 2.99. The maximum Gasteiger partial charge on any atom is 0.338 e. The average molecular weight is 348 g/mol. The zero-order chi connectivity index (χ0) is 17.9. The summed E-state index contributed by atoms with van der Waals surface area (Å²) in [5.41, 5.74) is 2.82. The Balaban J connectivity index is 1.82. The van der Waals surface area contributed by atoms with Crippen LogP contribution in [0.15, 0.2) is 42.7 Å². The number of hydrogen-bond donors (Lipinski definition) is 0. The molecule has 4 rings (SSSR count). The lowest BCUT2D eigenvalue weighted by Gasteiger charge is -2.10. The van der Waals surface area contributed by atoms with Crippen molar-refractivity contribution in [2.24, 2.45) is 5.92 Å². The molecule has 0 N–H and O–H groups in total. The minimum Gasteiger partial charge on any atom is -0.462 e. The smallest absolute Gasteiger partial charge is 0.338 e. The van der Waals surface area contributed by atoms with Gasteiger partial charge in [-0.3, -0.25) is 4.68 Å². The van der Waals surface area contributed by atoms with E-state index in [4.69, 9.17) is 4.74 Å². The van der Waals surface area contributed by atoms with Gasteiger partial charge in [-0.2, -0.15) is 15.3 Å². The topological polar surface area (TPSA) is 69.9 Å². The third-order valence-corrected chi connectivity index (χ3v) is 4.50. The van der Waals surface area contributed by atoms with Crippen LogP contribution in [0.5, 0.6) is 0 Å². The second-order valence-electron chi connectivity index (χ2n) is 6.44. The van der Waals surface area contributed by atoms with Gasteiger partial charge in [0.15, 0.2) is 0 Å². The van der Waals surface area contributed by atoms with E-state index in [1.165, 1.54) is 12.8 Å². The van der Waals surface area contributed by atoms with Gasteiger partial charge in [-0.25, -0.2) is 4.79 Å². The molecule has 3 aromatic rings. The molecular weight excluding hydrogens is 328 g/mol. The van der Waals surface area contributed by atoms with Crippen molar-refractivity contribution in [3.05, 3.63) is 54.0 Å². The number of fused-ring (bicyclic) bond motifs is 1. The van der Waals surface area contributed by atoms with Crippen LogP contribution in [0.3, 0.4) is 0 Å². The van der Waals surface area contributed by atoms with Crippen molar-refractivity contribution in [3.63, 3.8) is 0 Å². The Morgan fingerprint density at radius 2 is 2.15 bits per heavy atom. The van der Waals surface area contributed by atoms with Gasteiger partial charge in [0.2, 0.25) is 0 Å². The van der Waals surface area contributed by atoms with Gasteiger partial charge in [0, 0.05) is 23.7 Å². The van der Waals surface area contributed by atoms with E-state index in [-0.39, 0.29) is 5.97 Å². The number of ether oxygens (including phenoxy) is 1. The molecule has 0 spiro atoms. The highest BCUT2D eigenvalue weighted by Crippen LogP contribution is 2.31. The number of carbonyl (C=O) groups is 1. The lowest BCUT2D eigenvalue weighted by Crippen LogP contribution is -2.09. The zero-order valence-corrected chi connectivity index (χ0v) is 14.6. The standard InChI is InChI=1S/C20H20N4O2/c1-2-26-20(25)17(11-15-9-10-22-24(15)13-14-7-8-14)18-12-21-23-19-6-4-3-5-16(18)19/h3-6,9-12,14H,2,7-8,13H2,1H3/b17-11-. The Morgan fingerprint density at radius 1 is 1.31 bits per heavy atom. The van der Waals surface area contributed by atoms with E-state index in [0.29, 0.717) is 23.7 Å². The summed E-state index contributed by atoms with van der Waals surface area (Å²) >= 11 is 0. The molecule has 1 saturated carbocycles. The summed E-state index contributed by atoms with van der Waals surface area (Å²) in [5.74, 6) is 0.321. The summed E-state index contributed by atoms with van der Waals surface area (Å²) in [6, 6.07) is 9.56. The lowest BCUT2D eigenvalue weighted by atomic mass is 10.0. The van der Waals surface area contributed by atoms with Crippen LogP contribution in [0, 0.1) is 5.92 Å². The molecule has 2 heterocycles. The Kier molecular flexibility index (Phi) is 4.48. The molecule has 0 unspecified atom stereocenters. The zero-order valence-electron chi connectivity index (χ0n) is 14.6. The maximum absolute atomic E-state index is 12.7. The second kappa shape index (κ2) is 7.07. The molecule has 2 aromatic heterocycles. The molecule has 6 heteroatoms. The number of carbonyl (C=O) groups excluding carboxylic acids is 1. The van der Waals surface area contributed by atoms with Gasteiger partial charge in [0.25, 0.3) is 0 Å². The molecule has 6 nitrogen and oxygen atoms in total. The number of hydrogen-bond acceptors (Lipinski definition) is 5. The molecule has 1 aliphatic carbocycles. The SMILES string of the molecule is CCOC(=O)/C(=C\c1ccnn1CC1CC1)c1cnnc2ccccc12. The first kappa shape index (κ1) is 16.4. The van der Waals surface area contributed by atoms with Gasteiger partial charge in [-0.05, 0) is 43.9 Å². The molecule has 1 aromatic carbocycles. The van der Waals surface area contributed by atoms with Crippen molar-refractivity contribution < 1.29 is 9.53 Å². The highest BCUT2D eigenvalue weighted by molar-refractivity contribution is 6.24. The van der Waals surface area contributed by atoms with Crippen molar-refractivity contribution in [2.75, 3.05) is 6.61 Å². The predicted molar refractivity (Wildman–Crippen MR) is 99.0 cm³/mol. The minimum absolute atomic E-state index is 0.313. The molecule has 0 bridgehead atoms. The van der Waals surface area contributed by atoms with E-state index in [1.807, 2.05) is 41.1 Å². The molecule has 0 aliphatic heterocycles. The number of benzene rings is 1. The highest BCUT2D eigenvalue weighted by Gasteiger charge is 2.23. The summed E-state index contributed by atoms with van der Waals surface area (Å²) in [4.78, 5) is 12.7. The lowest BCUT2D eigenvalue weighted by molar-refractivity contribution is -0.136. The van der Waals surface area contributed by atoms with Crippen molar-refractivity contribution in [1.29, 1.82) is 0 Å². The highest BCUT2D eigenvalue weighted by atomic mass is 16.5.